The number of rotatable bonds is 5. The molecule has 0 saturated carbocycles. The molecule has 0 bridgehead atoms. The lowest BCUT2D eigenvalue weighted by atomic mass is 10.1. The van der Waals surface area contributed by atoms with Crippen molar-refractivity contribution in [3.05, 3.63) is 0 Å². The molecule has 0 aromatic carbocycles. The number of carbonyl (C=O) groups is 2. The summed E-state index contributed by atoms with van der Waals surface area (Å²) in [6, 6.07) is 0. The van der Waals surface area contributed by atoms with E-state index in [2.05, 4.69) is 5.32 Å². The first-order valence-electron chi connectivity index (χ1n) is 5.73. The van der Waals surface area contributed by atoms with Crippen LogP contribution >= 0.6 is 0 Å². The summed E-state index contributed by atoms with van der Waals surface area (Å²) in [5.74, 6) is -0.938. The van der Waals surface area contributed by atoms with Gasteiger partial charge in [-0.2, -0.15) is 13.2 Å². The third-order valence-electron chi connectivity index (χ3n) is 1.92. The fraction of sp³-hybridized carbons (Fsp3) is 0.818. The van der Waals surface area contributed by atoms with Crippen LogP contribution in [0.2, 0.25) is 0 Å². The van der Waals surface area contributed by atoms with Crippen LogP contribution in [-0.2, 0) is 9.59 Å². The number of alkyl halides is 3. The van der Waals surface area contributed by atoms with Crippen LogP contribution in [0, 0.1) is 0 Å². The number of hydrogen-bond acceptors (Lipinski definition) is 3. The Bertz CT molecular complexity index is 324. The highest BCUT2D eigenvalue weighted by Gasteiger charge is 2.27. The highest BCUT2D eigenvalue weighted by molar-refractivity contribution is 5.85. The second-order valence-corrected chi connectivity index (χ2v) is 5.27. The standard InChI is InChI=1S/C11H20F3N3O2/c1-10(2,3)16-8(18)6-17(4)9(19)5-15-7-11(12,13)14/h15H,5-7H2,1-4H3,(H,16,18). The first-order chi connectivity index (χ1) is 8.41. The zero-order chi connectivity index (χ0) is 15.3. The molecular formula is C11H20F3N3O2. The van der Waals surface area contributed by atoms with Crippen LogP contribution in [0.4, 0.5) is 13.2 Å². The zero-order valence-electron chi connectivity index (χ0n) is 11.5. The van der Waals surface area contributed by atoms with Gasteiger partial charge in [-0.25, -0.2) is 0 Å². The molecule has 19 heavy (non-hydrogen) atoms. The number of halogens is 3. The van der Waals surface area contributed by atoms with Gasteiger partial charge in [-0.3, -0.25) is 9.59 Å². The van der Waals surface area contributed by atoms with E-state index < -0.39 is 30.7 Å². The van der Waals surface area contributed by atoms with Crippen LogP contribution in [-0.4, -0.2) is 55.1 Å². The zero-order valence-corrected chi connectivity index (χ0v) is 11.5. The number of hydrogen-bond donors (Lipinski definition) is 2. The highest BCUT2D eigenvalue weighted by Crippen LogP contribution is 2.11. The molecule has 0 fully saturated rings. The van der Waals surface area contributed by atoms with E-state index in [4.69, 9.17) is 0 Å². The van der Waals surface area contributed by atoms with Gasteiger partial charge in [0.25, 0.3) is 0 Å². The molecule has 0 rings (SSSR count). The number of amides is 2. The molecule has 5 nitrogen and oxygen atoms in total. The molecule has 0 unspecified atom stereocenters. The van der Waals surface area contributed by atoms with Crippen molar-refractivity contribution >= 4 is 11.8 Å². The van der Waals surface area contributed by atoms with E-state index in [1.54, 1.807) is 20.8 Å². The molecule has 0 aromatic rings. The summed E-state index contributed by atoms with van der Waals surface area (Å²) in [5, 5.41) is 4.63. The maximum Gasteiger partial charge on any atom is 0.401 e. The minimum atomic E-state index is -4.36. The lowest BCUT2D eigenvalue weighted by Crippen LogP contribution is -2.48. The summed E-state index contributed by atoms with van der Waals surface area (Å²) in [7, 11) is 1.36. The Morgan fingerprint density at radius 2 is 1.68 bits per heavy atom. The fourth-order valence-corrected chi connectivity index (χ4v) is 1.21. The van der Waals surface area contributed by atoms with E-state index >= 15 is 0 Å². The molecule has 0 aromatic heterocycles. The van der Waals surface area contributed by atoms with Gasteiger partial charge in [0, 0.05) is 12.6 Å². The van der Waals surface area contributed by atoms with Gasteiger partial charge in [0.1, 0.15) is 0 Å². The molecule has 0 heterocycles. The van der Waals surface area contributed by atoms with E-state index in [0.29, 0.717) is 0 Å². The molecule has 8 heteroatoms. The molecule has 0 saturated heterocycles. The van der Waals surface area contributed by atoms with Gasteiger partial charge in [0.05, 0.1) is 19.6 Å². The molecule has 112 valence electrons. The van der Waals surface area contributed by atoms with E-state index in [-0.39, 0.29) is 12.5 Å². The second kappa shape index (κ2) is 6.74. The Morgan fingerprint density at radius 1 is 1.16 bits per heavy atom. The minimum Gasteiger partial charge on any atom is -0.350 e. The molecule has 0 aliphatic rings. The van der Waals surface area contributed by atoms with Crippen molar-refractivity contribution < 1.29 is 22.8 Å². The predicted molar refractivity (Wildman–Crippen MR) is 64.5 cm³/mol. The summed E-state index contributed by atoms with van der Waals surface area (Å²) >= 11 is 0. The van der Waals surface area contributed by atoms with Crippen molar-refractivity contribution in [1.29, 1.82) is 0 Å². The fourth-order valence-electron chi connectivity index (χ4n) is 1.21. The van der Waals surface area contributed by atoms with Crippen molar-refractivity contribution in [2.24, 2.45) is 0 Å². The largest absolute Gasteiger partial charge is 0.401 e. The van der Waals surface area contributed by atoms with E-state index in [1.807, 2.05) is 5.32 Å². The summed E-state index contributed by atoms with van der Waals surface area (Å²) in [4.78, 5) is 24.0. The monoisotopic (exact) mass is 283 g/mol. The molecule has 2 amide bonds. The number of nitrogens with zero attached hydrogens (tertiary/aromatic N) is 1. The summed E-state index contributed by atoms with van der Waals surface area (Å²) in [6.07, 6.45) is -4.36. The third-order valence-corrected chi connectivity index (χ3v) is 1.92. The van der Waals surface area contributed by atoms with Gasteiger partial charge >= 0.3 is 6.18 Å². The third kappa shape index (κ3) is 10.3. The van der Waals surface area contributed by atoms with Crippen LogP contribution in [0.5, 0.6) is 0 Å². The summed E-state index contributed by atoms with van der Waals surface area (Å²) < 4.78 is 35.6. The van der Waals surface area contributed by atoms with Gasteiger partial charge < -0.3 is 15.5 Å². The van der Waals surface area contributed by atoms with Crippen molar-refractivity contribution in [3.8, 4) is 0 Å². The Morgan fingerprint density at radius 3 is 2.11 bits per heavy atom. The van der Waals surface area contributed by atoms with E-state index in [0.717, 1.165) is 4.90 Å². The molecule has 0 aliphatic carbocycles. The second-order valence-electron chi connectivity index (χ2n) is 5.27. The van der Waals surface area contributed by atoms with Gasteiger partial charge in [0.2, 0.25) is 11.8 Å². The van der Waals surface area contributed by atoms with Crippen LogP contribution in [0.1, 0.15) is 20.8 Å². The topological polar surface area (TPSA) is 61.4 Å². The smallest absolute Gasteiger partial charge is 0.350 e. The number of nitrogens with one attached hydrogen (secondary N) is 2. The lowest BCUT2D eigenvalue weighted by molar-refractivity contribution is -0.137. The van der Waals surface area contributed by atoms with Gasteiger partial charge in [-0.05, 0) is 20.8 Å². The lowest BCUT2D eigenvalue weighted by Gasteiger charge is -2.23. The number of carbonyl (C=O) groups excluding carboxylic acids is 2. The van der Waals surface area contributed by atoms with E-state index in [1.165, 1.54) is 7.05 Å². The maximum atomic E-state index is 11.9. The molecule has 0 atom stereocenters. The average molecular weight is 283 g/mol. The van der Waals surface area contributed by atoms with Gasteiger partial charge in [-0.1, -0.05) is 0 Å². The molecule has 0 aliphatic heterocycles. The Labute approximate surface area is 110 Å². The van der Waals surface area contributed by atoms with Crippen molar-refractivity contribution in [2.45, 2.75) is 32.5 Å². The van der Waals surface area contributed by atoms with Crippen molar-refractivity contribution in [2.75, 3.05) is 26.7 Å². The quantitative estimate of drug-likeness (QED) is 0.773. The Hall–Kier alpha value is -1.31. The normalized spacial score (nSPS) is 12.2. The minimum absolute atomic E-state index is 0.191. The van der Waals surface area contributed by atoms with Crippen LogP contribution in [0.15, 0.2) is 0 Å². The number of likely N-dealkylation sites (N-methyl/N-ethyl adjacent to an activating group) is 1. The van der Waals surface area contributed by atoms with E-state index in [9.17, 15) is 22.8 Å². The molecule has 0 radical (unpaired) electrons. The SMILES string of the molecule is CN(CC(=O)NC(C)(C)C)C(=O)CNCC(F)(F)F. The van der Waals surface area contributed by atoms with Crippen molar-refractivity contribution in [3.63, 3.8) is 0 Å². The van der Waals surface area contributed by atoms with Crippen molar-refractivity contribution in [1.82, 2.24) is 15.5 Å². The predicted octanol–water partition coefficient (Wildman–Crippen LogP) is 0.511. The Balaban J connectivity index is 4.04. The Kier molecular flexibility index (Phi) is 6.28. The highest BCUT2D eigenvalue weighted by atomic mass is 19.4. The molecule has 0 spiro atoms. The summed E-state index contributed by atoms with van der Waals surface area (Å²) in [6.45, 7) is 3.48. The average Bonchev–Trinajstić information content (AvgIpc) is 2.11. The van der Waals surface area contributed by atoms with Gasteiger partial charge in [-0.15, -0.1) is 0 Å². The molecule has 2 N–H and O–H groups in total. The van der Waals surface area contributed by atoms with Crippen LogP contribution in [0.3, 0.4) is 0 Å². The first-order valence-corrected chi connectivity index (χ1v) is 5.73. The maximum absolute atomic E-state index is 11.9. The van der Waals surface area contributed by atoms with Crippen LogP contribution in [0.25, 0.3) is 0 Å². The van der Waals surface area contributed by atoms with Crippen LogP contribution < -0.4 is 10.6 Å². The first kappa shape index (κ1) is 17.7. The van der Waals surface area contributed by atoms with Gasteiger partial charge in [0.15, 0.2) is 0 Å². The summed E-state index contributed by atoms with van der Waals surface area (Å²) in [5.41, 5.74) is -0.421. The molecular weight excluding hydrogens is 263 g/mol.